The van der Waals surface area contributed by atoms with Crippen molar-refractivity contribution in [2.45, 2.75) is 24.5 Å². The highest BCUT2D eigenvalue weighted by molar-refractivity contribution is 7.89. The van der Waals surface area contributed by atoms with Gasteiger partial charge in [-0.3, -0.25) is 4.79 Å². The number of nitrogens with zero attached hydrogens (tertiary/aromatic N) is 1. The van der Waals surface area contributed by atoms with E-state index in [0.717, 1.165) is 10.4 Å². The molecule has 0 atom stereocenters. The highest BCUT2D eigenvalue weighted by atomic mass is 35.5. The molecule has 0 saturated carbocycles. The molecule has 0 bridgehead atoms. The van der Waals surface area contributed by atoms with Crippen molar-refractivity contribution in [2.75, 3.05) is 19.0 Å². The van der Waals surface area contributed by atoms with Crippen LogP contribution < -0.4 is 10.1 Å². The third kappa shape index (κ3) is 6.53. The largest absolute Gasteiger partial charge is 0.495 e. The Morgan fingerprint density at radius 2 is 1.74 bits per heavy atom. The Morgan fingerprint density at radius 1 is 1.06 bits per heavy atom. The SMILES string of the molecule is COc1ccc(C)cc1S(=O)(=O)N(CC(=O)Nc1ccc(Cl)cc1C(F)(F)F)Cc1ccccc1. The first-order valence-electron chi connectivity index (χ1n) is 10.3. The van der Waals surface area contributed by atoms with Crippen molar-refractivity contribution >= 4 is 33.2 Å². The number of benzene rings is 3. The number of carbonyl (C=O) groups is 1. The van der Waals surface area contributed by atoms with Crippen LogP contribution in [0.5, 0.6) is 5.75 Å². The molecule has 35 heavy (non-hydrogen) atoms. The van der Waals surface area contributed by atoms with Crippen molar-refractivity contribution in [2.24, 2.45) is 0 Å². The van der Waals surface area contributed by atoms with Gasteiger partial charge >= 0.3 is 6.18 Å². The van der Waals surface area contributed by atoms with Gasteiger partial charge in [-0.15, -0.1) is 0 Å². The first-order valence-corrected chi connectivity index (χ1v) is 12.1. The number of hydrogen-bond acceptors (Lipinski definition) is 4. The first kappa shape index (κ1) is 26.5. The molecule has 1 N–H and O–H groups in total. The second kappa shape index (κ2) is 10.7. The lowest BCUT2D eigenvalue weighted by Gasteiger charge is -2.23. The molecular formula is C24H22ClF3N2O4S. The van der Waals surface area contributed by atoms with Crippen molar-refractivity contribution in [1.29, 1.82) is 0 Å². The molecule has 0 aliphatic heterocycles. The van der Waals surface area contributed by atoms with Gasteiger partial charge in [0.2, 0.25) is 15.9 Å². The summed E-state index contributed by atoms with van der Waals surface area (Å²) in [4.78, 5) is 12.7. The van der Waals surface area contributed by atoms with Crippen LogP contribution in [0.1, 0.15) is 16.7 Å². The smallest absolute Gasteiger partial charge is 0.418 e. The summed E-state index contributed by atoms with van der Waals surface area (Å²) in [6.07, 6.45) is -4.78. The predicted molar refractivity (Wildman–Crippen MR) is 127 cm³/mol. The quantitative estimate of drug-likeness (QED) is 0.420. The summed E-state index contributed by atoms with van der Waals surface area (Å²) in [7, 11) is -2.98. The van der Waals surface area contributed by atoms with E-state index in [0.29, 0.717) is 17.2 Å². The number of alkyl halides is 3. The van der Waals surface area contributed by atoms with Crippen LogP contribution in [0.15, 0.2) is 71.6 Å². The average Bonchev–Trinajstić information content (AvgIpc) is 2.79. The highest BCUT2D eigenvalue weighted by Gasteiger charge is 2.35. The Bertz CT molecular complexity index is 1320. The van der Waals surface area contributed by atoms with Crippen molar-refractivity contribution in [1.82, 2.24) is 4.31 Å². The Kier molecular flexibility index (Phi) is 8.09. The number of sulfonamides is 1. The number of carbonyl (C=O) groups excluding carboxylic acids is 1. The minimum atomic E-state index is -4.78. The molecule has 0 saturated heterocycles. The van der Waals surface area contributed by atoms with Crippen LogP contribution in [0.4, 0.5) is 18.9 Å². The van der Waals surface area contributed by atoms with E-state index in [1.807, 2.05) is 0 Å². The molecule has 1 amide bonds. The fraction of sp³-hybridized carbons (Fsp3) is 0.208. The summed E-state index contributed by atoms with van der Waals surface area (Å²) >= 11 is 5.69. The normalized spacial score (nSPS) is 12.0. The van der Waals surface area contributed by atoms with E-state index in [2.05, 4.69) is 5.32 Å². The second-order valence-corrected chi connectivity index (χ2v) is 9.99. The summed E-state index contributed by atoms with van der Waals surface area (Å²) in [5, 5.41) is 2.01. The van der Waals surface area contributed by atoms with E-state index < -0.39 is 39.9 Å². The third-order valence-electron chi connectivity index (χ3n) is 5.02. The minimum Gasteiger partial charge on any atom is -0.495 e. The second-order valence-electron chi connectivity index (χ2n) is 7.65. The summed E-state index contributed by atoms with van der Waals surface area (Å²) in [5.74, 6) is -0.880. The van der Waals surface area contributed by atoms with Crippen molar-refractivity contribution in [3.05, 3.63) is 88.4 Å². The van der Waals surface area contributed by atoms with Crippen molar-refractivity contribution in [3.8, 4) is 5.75 Å². The molecule has 6 nitrogen and oxygen atoms in total. The fourth-order valence-corrected chi connectivity index (χ4v) is 5.14. The summed E-state index contributed by atoms with van der Waals surface area (Å²) in [6, 6.07) is 16.0. The van der Waals surface area contributed by atoms with Crippen LogP contribution in [-0.4, -0.2) is 32.3 Å². The van der Waals surface area contributed by atoms with E-state index in [4.69, 9.17) is 16.3 Å². The molecule has 0 aliphatic rings. The van der Waals surface area contributed by atoms with Gasteiger partial charge in [-0.1, -0.05) is 48.0 Å². The van der Waals surface area contributed by atoms with Crippen LogP contribution in [-0.2, 0) is 27.5 Å². The van der Waals surface area contributed by atoms with Crippen LogP contribution in [0, 0.1) is 6.92 Å². The van der Waals surface area contributed by atoms with Gasteiger partial charge in [0.1, 0.15) is 10.6 Å². The van der Waals surface area contributed by atoms with Gasteiger partial charge in [0.25, 0.3) is 0 Å². The van der Waals surface area contributed by atoms with Crippen LogP contribution in [0.2, 0.25) is 5.02 Å². The zero-order chi connectivity index (χ0) is 25.8. The minimum absolute atomic E-state index is 0.0751. The topological polar surface area (TPSA) is 75.7 Å². The van der Waals surface area contributed by atoms with E-state index in [1.54, 1.807) is 43.3 Å². The van der Waals surface area contributed by atoms with Gasteiger partial charge in [-0.25, -0.2) is 8.42 Å². The van der Waals surface area contributed by atoms with Crippen LogP contribution in [0.3, 0.4) is 0 Å². The zero-order valence-corrected chi connectivity index (χ0v) is 20.3. The van der Waals surface area contributed by atoms with Crippen molar-refractivity contribution < 1.29 is 31.1 Å². The lowest BCUT2D eigenvalue weighted by atomic mass is 10.1. The molecule has 3 aromatic carbocycles. The molecular weight excluding hydrogens is 505 g/mol. The average molecular weight is 527 g/mol. The summed E-state index contributed by atoms with van der Waals surface area (Å²) < 4.78 is 73.6. The number of rotatable bonds is 8. The molecule has 3 aromatic rings. The van der Waals surface area contributed by atoms with Crippen molar-refractivity contribution in [3.63, 3.8) is 0 Å². The molecule has 3 rings (SSSR count). The molecule has 0 aromatic heterocycles. The van der Waals surface area contributed by atoms with Gasteiger partial charge in [0, 0.05) is 11.6 Å². The van der Waals surface area contributed by atoms with E-state index >= 15 is 0 Å². The number of methoxy groups -OCH3 is 1. The first-order chi connectivity index (χ1) is 16.4. The van der Waals surface area contributed by atoms with E-state index in [-0.39, 0.29) is 22.2 Å². The predicted octanol–water partition coefficient (Wildman–Crippen LogP) is 5.51. The Balaban J connectivity index is 1.98. The molecule has 0 unspecified atom stereocenters. The molecule has 186 valence electrons. The third-order valence-corrected chi connectivity index (χ3v) is 7.07. The maximum atomic E-state index is 13.6. The maximum Gasteiger partial charge on any atom is 0.418 e. The molecule has 11 heteroatoms. The highest BCUT2D eigenvalue weighted by Crippen LogP contribution is 2.36. The van der Waals surface area contributed by atoms with Gasteiger partial charge in [0.05, 0.1) is 24.9 Å². The Morgan fingerprint density at radius 3 is 2.37 bits per heavy atom. The molecule has 0 aliphatic carbocycles. The molecule has 0 heterocycles. The molecule has 0 fully saturated rings. The van der Waals surface area contributed by atoms with Crippen LogP contribution >= 0.6 is 11.6 Å². The monoisotopic (exact) mass is 526 g/mol. The van der Waals surface area contributed by atoms with Gasteiger partial charge < -0.3 is 10.1 Å². The number of halogens is 4. The fourth-order valence-electron chi connectivity index (χ4n) is 3.35. The number of ether oxygens (including phenoxy) is 1. The van der Waals surface area contributed by atoms with Crippen LogP contribution in [0.25, 0.3) is 0 Å². The number of amides is 1. The molecule has 0 radical (unpaired) electrons. The lowest BCUT2D eigenvalue weighted by molar-refractivity contribution is -0.137. The van der Waals surface area contributed by atoms with Gasteiger partial charge in [-0.05, 0) is 48.4 Å². The zero-order valence-electron chi connectivity index (χ0n) is 18.8. The number of aryl methyl sites for hydroxylation is 1. The van der Waals surface area contributed by atoms with Gasteiger partial charge in [-0.2, -0.15) is 17.5 Å². The maximum absolute atomic E-state index is 13.6. The summed E-state index contributed by atoms with van der Waals surface area (Å²) in [6.45, 7) is 0.764. The molecule has 0 spiro atoms. The lowest BCUT2D eigenvalue weighted by Crippen LogP contribution is -2.38. The number of nitrogens with one attached hydrogen (secondary N) is 1. The van der Waals surface area contributed by atoms with E-state index in [1.165, 1.54) is 25.3 Å². The van der Waals surface area contributed by atoms with E-state index in [9.17, 15) is 26.4 Å². The Labute approximate surface area is 206 Å². The number of anilines is 1. The Hall–Kier alpha value is -3.08. The number of hydrogen-bond donors (Lipinski definition) is 1. The van der Waals surface area contributed by atoms with Gasteiger partial charge in [0.15, 0.2) is 0 Å². The summed E-state index contributed by atoms with van der Waals surface area (Å²) in [5.41, 5.74) is -0.448. The standard InChI is InChI=1S/C24H22ClF3N2O4S/c1-16-8-11-21(34-2)22(12-16)35(32,33)30(14-17-6-4-3-5-7-17)15-23(31)29-20-10-9-18(25)13-19(20)24(26,27)28/h3-13H,14-15H2,1-2H3,(H,29,31).